The first-order valence-corrected chi connectivity index (χ1v) is 26.1. The smallest absolute Gasteiger partial charge is 0.138 e. The summed E-state index contributed by atoms with van der Waals surface area (Å²) >= 11 is 1.62. The van der Waals surface area contributed by atoms with E-state index in [0.717, 1.165) is 121 Å². The molecule has 0 saturated heterocycles. The minimum atomic E-state index is 0.252. The fourth-order valence-corrected chi connectivity index (χ4v) is 10.4. The van der Waals surface area contributed by atoms with Crippen molar-refractivity contribution in [1.29, 1.82) is 0 Å². The number of H-pyrrole nitrogens is 1. The number of nitrogens with zero attached hydrogens (tertiary/aromatic N) is 5. The number of thiazole rings is 1. The molecule has 14 heteroatoms. The van der Waals surface area contributed by atoms with Gasteiger partial charge in [0, 0.05) is 57.5 Å². The lowest BCUT2D eigenvalue weighted by Gasteiger charge is -2.12. The quantitative estimate of drug-likeness (QED) is 0.0637. The van der Waals surface area contributed by atoms with Crippen molar-refractivity contribution in [2.24, 2.45) is 0 Å². The van der Waals surface area contributed by atoms with E-state index < -0.39 is 0 Å². The van der Waals surface area contributed by atoms with Gasteiger partial charge in [-0.2, -0.15) is 0 Å². The van der Waals surface area contributed by atoms with Crippen molar-refractivity contribution in [2.75, 3.05) is 21.7 Å². The molecule has 0 bridgehead atoms. The molecule has 79 heavy (non-hydrogen) atoms. The molecular weight excluding hydrogens is 1000 g/mol. The van der Waals surface area contributed by atoms with E-state index in [-0.39, 0.29) is 17.2 Å². The molecule has 382 valence electrons. The molecule has 0 fully saturated rings. The highest BCUT2D eigenvalue weighted by Crippen LogP contribution is 2.38. The lowest BCUT2D eigenvalue weighted by molar-refractivity contribution is 0.475. The first-order valence-electron chi connectivity index (χ1n) is 25.2. The molecule has 0 radical (unpaired) electrons. The Bertz CT molecular complexity index is 4320. The van der Waals surface area contributed by atoms with E-state index in [0.29, 0.717) is 5.69 Å². The summed E-state index contributed by atoms with van der Waals surface area (Å²) in [5.41, 5.74) is 20.2. The van der Waals surface area contributed by atoms with Crippen molar-refractivity contribution >= 4 is 105 Å². The van der Waals surface area contributed by atoms with Crippen LogP contribution in [0.3, 0.4) is 0 Å². The molecule has 9 N–H and O–H groups in total. The molecule has 0 aliphatic heterocycles. The number of aromatic nitrogens is 6. The fourth-order valence-electron chi connectivity index (χ4n) is 9.67. The molecule has 0 aliphatic carbocycles. The summed E-state index contributed by atoms with van der Waals surface area (Å²) in [7, 11) is 0. The molecule has 0 unspecified atom stereocenters. The number of nitrogen functional groups attached to an aromatic ring is 1. The maximum atomic E-state index is 9.84. The molecule has 13 nitrogen and oxygen atoms in total. The molecule has 0 atom stereocenters. The molecule has 14 rings (SSSR count). The first-order chi connectivity index (χ1) is 38.8. The van der Waals surface area contributed by atoms with Crippen LogP contribution in [0.2, 0.25) is 0 Å². The monoisotopic (exact) mass is 1050 g/mol. The number of pyridine rings is 3. The minimum absolute atomic E-state index is 0.252. The molecule has 0 aliphatic rings. The van der Waals surface area contributed by atoms with Crippen LogP contribution < -0.4 is 21.7 Å². The summed E-state index contributed by atoms with van der Waals surface area (Å²) in [6.45, 7) is 0. The number of phenols is 3. The van der Waals surface area contributed by atoms with Crippen LogP contribution in [0.1, 0.15) is 0 Å². The highest BCUT2D eigenvalue weighted by atomic mass is 32.1. The number of aromatic hydroxyl groups is 3. The molecule has 0 amide bonds. The van der Waals surface area contributed by atoms with Gasteiger partial charge in [0.15, 0.2) is 0 Å². The zero-order chi connectivity index (χ0) is 53.7. The number of nitrogens with one attached hydrogen (secondary N) is 4. The maximum Gasteiger partial charge on any atom is 0.138 e. The number of nitrogens with two attached hydrogens (primary N) is 1. The molecular formula is C65H48N10O3S. The SMILES string of the molecule is Nc1cccc(Nc2nccc3c(-c4cccc(O)c4)cccc23)c1.Oc1cccc(-c2cccc3c(Nc4ccc5nc[nH]c5c4)nccc23)c1.Oc1cccc(-c2cccc3c(Nc4ccc5ncsc5c4)nccc23)c1. The third-order valence-corrected chi connectivity index (χ3v) is 14.1. The van der Waals surface area contributed by atoms with Gasteiger partial charge in [-0.15, -0.1) is 11.3 Å². The number of fused-ring (bicyclic) bond motifs is 5. The Kier molecular flexibility index (Phi) is 13.5. The zero-order valence-electron chi connectivity index (χ0n) is 42.1. The van der Waals surface area contributed by atoms with Gasteiger partial charge in [-0.1, -0.05) is 97.1 Å². The number of hydrogen-bond acceptors (Lipinski definition) is 13. The van der Waals surface area contributed by atoms with Crippen molar-refractivity contribution in [3.63, 3.8) is 0 Å². The first kappa shape index (κ1) is 49.1. The van der Waals surface area contributed by atoms with Gasteiger partial charge in [-0.3, -0.25) is 0 Å². The van der Waals surface area contributed by atoms with Gasteiger partial charge in [-0.25, -0.2) is 24.9 Å². The number of phenolic OH excluding ortho intramolecular Hbond substituents is 3. The molecule has 9 aromatic carbocycles. The van der Waals surface area contributed by atoms with Crippen molar-refractivity contribution in [3.05, 3.63) is 237 Å². The predicted octanol–water partition coefficient (Wildman–Crippen LogP) is 16.1. The topological polar surface area (TPSA) is 203 Å². The van der Waals surface area contributed by atoms with Crippen LogP contribution in [0.15, 0.2) is 237 Å². The van der Waals surface area contributed by atoms with E-state index >= 15 is 0 Å². The highest BCUT2D eigenvalue weighted by molar-refractivity contribution is 7.16. The Morgan fingerprint density at radius 1 is 0.380 bits per heavy atom. The van der Waals surface area contributed by atoms with Crippen LogP contribution in [-0.2, 0) is 0 Å². The van der Waals surface area contributed by atoms with E-state index in [1.165, 1.54) is 0 Å². The molecule has 0 saturated carbocycles. The summed E-state index contributed by atoms with van der Waals surface area (Å²) in [5, 5.41) is 45.9. The number of aromatic amines is 1. The van der Waals surface area contributed by atoms with E-state index in [4.69, 9.17) is 5.73 Å². The van der Waals surface area contributed by atoms with Gasteiger partial charge in [-0.05, 0) is 159 Å². The Balaban J connectivity index is 0.000000118. The Labute approximate surface area is 457 Å². The number of hydrogen-bond donors (Lipinski definition) is 8. The molecule has 0 spiro atoms. The zero-order valence-corrected chi connectivity index (χ0v) is 42.9. The normalized spacial score (nSPS) is 11.0. The summed E-state index contributed by atoms with van der Waals surface area (Å²) in [5.74, 6) is 3.12. The molecule has 5 heterocycles. The number of benzene rings is 9. The van der Waals surface area contributed by atoms with Gasteiger partial charge in [0.2, 0.25) is 0 Å². The van der Waals surface area contributed by atoms with Crippen LogP contribution >= 0.6 is 11.3 Å². The van der Waals surface area contributed by atoms with Crippen LogP contribution in [0, 0.1) is 0 Å². The van der Waals surface area contributed by atoms with Gasteiger partial charge < -0.3 is 42.0 Å². The Morgan fingerprint density at radius 2 is 0.823 bits per heavy atom. The van der Waals surface area contributed by atoms with Gasteiger partial charge in [0.05, 0.1) is 33.1 Å². The lowest BCUT2D eigenvalue weighted by atomic mass is 9.99. The minimum Gasteiger partial charge on any atom is -0.508 e. The van der Waals surface area contributed by atoms with Crippen molar-refractivity contribution in [2.45, 2.75) is 0 Å². The number of imidazole rings is 1. The van der Waals surface area contributed by atoms with Crippen LogP contribution in [-0.4, -0.2) is 45.2 Å². The van der Waals surface area contributed by atoms with Crippen LogP contribution in [0.25, 0.3) is 86.9 Å². The average molecular weight is 1050 g/mol. The van der Waals surface area contributed by atoms with Crippen LogP contribution in [0.4, 0.5) is 40.2 Å². The molecule has 14 aromatic rings. The summed E-state index contributed by atoms with van der Waals surface area (Å²) in [6, 6.07) is 65.8. The second-order valence-corrected chi connectivity index (χ2v) is 19.4. The Morgan fingerprint density at radius 3 is 1.30 bits per heavy atom. The van der Waals surface area contributed by atoms with E-state index in [2.05, 4.69) is 70.1 Å². The van der Waals surface area contributed by atoms with Gasteiger partial charge in [0.1, 0.15) is 34.7 Å². The number of rotatable bonds is 9. The average Bonchev–Trinajstić information content (AvgIpc) is 4.16. The van der Waals surface area contributed by atoms with Crippen molar-refractivity contribution < 1.29 is 15.3 Å². The lowest BCUT2D eigenvalue weighted by Crippen LogP contribution is -1.96. The summed E-state index contributed by atoms with van der Waals surface area (Å²) < 4.78 is 1.14. The molecule has 5 aromatic heterocycles. The largest absolute Gasteiger partial charge is 0.508 e. The van der Waals surface area contributed by atoms with Crippen molar-refractivity contribution in [3.8, 4) is 50.6 Å². The van der Waals surface area contributed by atoms with Crippen LogP contribution in [0.5, 0.6) is 17.2 Å². The maximum absolute atomic E-state index is 9.84. The van der Waals surface area contributed by atoms with E-state index in [9.17, 15) is 15.3 Å². The standard InChI is InChI=1S/C22H16N4O.C22H15N3OS.C21H17N3O/c27-16-4-1-3-14(11-16)17-5-2-6-19-18(17)9-10-23-22(19)26-15-7-8-20-21(12-15)25-13-24-20;26-16-4-1-3-14(11-16)17-5-2-6-19-18(17)9-10-23-22(19)25-15-7-8-20-21(12-15)27-13-24-20;22-15-5-2-6-16(13-15)24-21-20-9-3-8-18(19(20)10-11-23-21)14-4-1-7-17(25)12-14/h1-13,27H,(H,23,26)(H,24,25);1-13,26H,(H,23,25);1-13,25H,22H2,(H,23,24). The third kappa shape index (κ3) is 10.7. The fraction of sp³-hybridized carbons (Fsp3) is 0. The number of anilines is 7. The second kappa shape index (κ2) is 21.8. The van der Waals surface area contributed by atoms with E-state index in [1.54, 1.807) is 66.5 Å². The Hall–Kier alpha value is -10.8. The predicted molar refractivity (Wildman–Crippen MR) is 323 cm³/mol. The third-order valence-electron chi connectivity index (χ3n) is 13.3. The van der Waals surface area contributed by atoms with Gasteiger partial charge >= 0.3 is 0 Å². The summed E-state index contributed by atoms with van der Waals surface area (Å²) in [6.07, 6.45) is 7.07. The highest BCUT2D eigenvalue weighted by Gasteiger charge is 2.13. The summed E-state index contributed by atoms with van der Waals surface area (Å²) in [4.78, 5) is 25.3. The second-order valence-electron chi connectivity index (χ2n) is 18.5. The van der Waals surface area contributed by atoms with Crippen molar-refractivity contribution in [1.82, 2.24) is 29.9 Å². The van der Waals surface area contributed by atoms with Gasteiger partial charge in [0.25, 0.3) is 0 Å². The van der Waals surface area contributed by atoms with E-state index in [1.807, 2.05) is 157 Å².